The molecular weight excluding hydrogens is 336 g/mol. The molecule has 0 bridgehead atoms. The first-order valence-electron chi connectivity index (χ1n) is 9.01. The molecule has 1 amide bonds. The van der Waals surface area contributed by atoms with E-state index in [4.69, 9.17) is 9.84 Å². The molecule has 2 saturated heterocycles. The Hall–Kier alpha value is -2.12. The number of likely N-dealkylation sites (tertiary alicyclic amines) is 2. The number of carboxylic acid groups (broad SMARTS) is 1. The molecule has 7 nitrogen and oxygen atoms in total. The van der Waals surface area contributed by atoms with Crippen LogP contribution in [-0.2, 0) is 16.1 Å². The minimum absolute atomic E-state index is 0.0184. The van der Waals surface area contributed by atoms with Crippen molar-refractivity contribution in [3.63, 3.8) is 0 Å². The molecule has 0 aliphatic carbocycles. The number of aliphatic carboxylic acids is 1. The molecule has 2 aliphatic heterocycles. The van der Waals surface area contributed by atoms with Gasteiger partial charge in [0, 0.05) is 33.1 Å². The van der Waals surface area contributed by atoms with Crippen LogP contribution >= 0.6 is 0 Å². The van der Waals surface area contributed by atoms with Gasteiger partial charge in [-0.1, -0.05) is 12.1 Å². The number of carbonyl (C=O) groups excluding carboxylic acids is 1. The normalized spacial score (nSPS) is 22.8. The molecular formula is C19H26N2O5. The Labute approximate surface area is 153 Å². The molecule has 0 radical (unpaired) electrons. The Morgan fingerprint density at radius 3 is 2.73 bits per heavy atom. The van der Waals surface area contributed by atoms with Crippen LogP contribution in [0.1, 0.15) is 24.8 Å². The zero-order valence-electron chi connectivity index (χ0n) is 15.1. The van der Waals surface area contributed by atoms with Gasteiger partial charge in [0.05, 0.1) is 18.1 Å². The molecule has 2 aliphatic rings. The monoisotopic (exact) mass is 362 g/mol. The lowest BCUT2D eigenvalue weighted by Crippen LogP contribution is -2.55. The minimum atomic E-state index is -0.870. The maximum Gasteiger partial charge on any atom is 0.309 e. The van der Waals surface area contributed by atoms with E-state index in [-0.39, 0.29) is 25.5 Å². The predicted octanol–water partition coefficient (Wildman–Crippen LogP) is 0.955. The third-order valence-electron chi connectivity index (χ3n) is 5.75. The lowest BCUT2D eigenvalue weighted by Gasteiger charge is -2.45. The van der Waals surface area contributed by atoms with Gasteiger partial charge in [0.15, 0.2) is 0 Å². The summed E-state index contributed by atoms with van der Waals surface area (Å²) in [5.74, 6) is -0.820. The number of hydrogen-bond donors (Lipinski definition) is 2. The zero-order valence-corrected chi connectivity index (χ0v) is 15.1. The summed E-state index contributed by atoms with van der Waals surface area (Å²) < 4.78 is 5.45. The summed E-state index contributed by atoms with van der Waals surface area (Å²) in [7, 11) is 1.74. The average Bonchev–Trinajstić information content (AvgIpc) is 2.88. The summed E-state index contributed by atoms with van der Waals surface area (Å²) >= 11 is 0. The summed E-state index contributed by atoms with van der Waals surface area (Å²) in [6.07, 6.45) is 1.45. The van der Waals surface area contributed by atoms with Crippen molar-refractivity contribution < 1.29 is 24.5 Å². The van der Waals surface area contributed by atoms with Crippen molar-refractivity contribution in [2.75, 3.05) is 33.4 Å². The van der Waals surface area contributed by atoms with Gasteiger partial charge < -0.3 is 19.8 Å². The van der Waals surface area contributed by atoms with Gasteiger partial charge in [0.25, 0.3) is 0 Å². The summed E-state index contributed by atoms with van der Waals surface area (Å²) in [4.78, 5) is 27.7. The van der Waals surface area contributed by atoms with Crippen LogP contribution in [0.25, 0.3) is 0 Å². The second kappa shape index (κ2) is 7.63. The van der Waals surface area contributed by atoms with Crippen molar-refractivity contribution >= 4 is 11.9 Å². The first-order valence-corrected chi connectivity index (χ1v) is 9.01. The van der Waals surface area contributed by atoms with Crippen molar-refractivity contribution in [3.05, 3.63) is 29.8 Å². The maximum absolute atomic E-state index is 12.1. The van der Waals surface area contributed by atoms with E-state index >= 15 is 0 Å². The quantitative estimate of drug-likeness (QED) is 0.783. The molecule has 0 saturated carbocycles. The summed E-state index contributed by atoms with van der Waals surface area (Å²) in [6.45, 7) is 2.51. The lowest BCUT2D eigenvalue weighted by molar-refractivity contribution is -0.146. The van der Waals surface area contributed by atoms with Crippen LogP contribution < -0.4 is 4.74 Å². The Balaban J connectivity index is 1.63. The molecule has 26 heavy (non-hydrogen) atoms. The summed E-state index contributed by atoms with van der Waals surface area (Å²) in [5.41, 5.74) is 0.563. The number of aliphatic hydroxyl groups is 1. The number of aliphatic hydroxyl groups excluding tert-OH is 1. The van der Waals surface area contributed by atoms with Gasteiger partial charge >= 0.3 is 5.97 Å². The number of rotatable bonds is 6. The number of hydrogen-bond acceptors (Lipinski definition) is 5. The van der Waals surface area contributed by atoms with Crippen molar-refractivity contribution in [2.45, 2.75) is 31.3 Å². The van der Waals surface area contributed by atoms with Gasteiger partial charge in [-0.3, -0.25) is 14.5 Å². The Kier molecular flexibility index (Phi) is 5.48. The van der Waals surface area contributed by atoms with Crippen LogP contribution in [-0.4, -0.2) is 70.8 Å². The summed E-state index contributed by atoms with van der Waals surface area (Å²) in [6, 6.07) is 7.78. The summed E-state index contributed by atoms with van der Waals surface area (Å²) in [5, 5.41) is 18.4. The number of carbonyl (C=O) groups is 2. The first kappa shape index (κ1) is 18.7. The third kappa shape index (κ3) is 3.54. The number of benzene rings is 1. The highest BCUT2D eigenvalue weighted by atomic mass is 16.5. The molecule has 1 aromatic carbocycles. The number of nitrogens with zero attached hydrogens (tertiary/aromatic N) is 2. The molecule has 0 unspecified atom stereocenters. The van der Waals surface area contributed by atoms with E-state index in [0.717, 1.165) is 30.9 Å². The Morgan fingerprint density at radius 2 is 2.08 bits per heavy atom. The largest absolute Gasteiger partial charge is 0.491 e. The minimum Gasteiger partial charge on any atom is -0.491 e. The fourth-order valence-corrected chi connectivity index (χ4v) is 4.24. The molecule has 7 heteroatoms. The van der Waals surface area contributed by atoms with Gasteiger partial charge in [-0.2, -0.15) is 0 Å². The predicted molar refractivity (Wildman–Crippen MR) is 94.8 cm³/mol. The molecule has 2 N–H and O–H groups in total. The van der Waals surface area contributed by atoms with Crippen LogP contribution in [0.3, 0.4) is 0 Å². The smallest absolute Gasteiger partial charge is 0.309 e. The second-order valence-electron chi connectivity index (χ2n) is 7.15. The van der Waals surface area contributed by atoms with Gasteiger partial charge in [-0.15, -0.1) is 0 Å². The highest BCUT2D eigenvalue weighted by Crippen LogP contribution is 2.43. The molecule has 2 fully saturated rings. The van der Waals surface area contributed by atoms with Crippen LogP contribution in [0, 0.1) is 5.92 Å². The molecule has 142 valence electrons. The van der Waals surface area contributed by atoms with E-state index in [2.05, 4.69) is 4.90 Å². The molecule has 1 spiro atoms. The standard InChI is InChI=1S/C19H26N2O5/c1-20-17(23)12-16(18(24)25)19(20)5-7-21(8-6-19)13-14-3-2-4-15(11-14)26-10-9-22/h2-4,11,16,22H,5-10,12-13H2,1H3,(H,24,25)/t16-/m1/s1. The van der Waals surface area contributed by atoms with Gasteiger partial charge in [-0.05, 0) is 30.5 Å². The van der Waals surface area contributed by atoms with E-state index in [1.165, 1.54) is 0 Å². The Bertz CT molecular complexity index is 670. The van der Waals surface area contributed by atoms with Crippen LogP contribution in [0.2, 0.25) is 0 Å². The average molecular weight is 362 g/mol. The molecule has 0 aromatic heterocycles. The van der Waals surface area contributed by atoms with Crippen molar-refractivity contribution in [1.82, 2.24) is 9.80 Å². The van der Waals surface area contributed by atoms with E-state index in [1.807, 2.05) is 24.3 Å². The fraction of sp³-hybridized carbons (Fsp3) is 0.579. The van der Waals surface area contributed by atoms with Crippen molar-refractivity contribution in [1.29, 1.82) is 0 Å². The van der Waals surface area contributed by atoms with E-state index < -0.39 is 17.4 Å². The lowest BCUT2D eigenvalue weighted by atomic mass is 9.77. The third-order valence-corrected chi connectivity index (χ3v) is 5.75. The van der Waals surface area contributed by atoms with Crippen molar-refractivity contribution in [3.8, 4) is 5.75 Å². The van der Waals surface area contributed by atoms with Gasteiger partial charge in [0.2, 0.25) is 5.91 Å². The number of ether oxygens (including phenoxy) is 1. The van der Waals surface area contributed by atoms with Gasteiger partial charge in [-0.25, -0.2) is 0 Å². The van der Waals surface area contributed by atoms with Crippen LogP contribution in [0.5, 0.6) is 5.75 Å². The molecule has 1 atom stereocenters. The SMILES string of the molecule is CN1C(=O)C[C@H](C(=O)O)C12CCN(Cc1cccc(OCCO)c1)CC2. The second-order valence-corrected chi connectivity index (χ2v) is 7.15. The van der Waals surface area contributed by atoms with Crippen molar-refractivity contribution in [2.24, 2.45) is 5.92 Å². The van der Waals surface area contributed by atoms with E-state index in [0.29, 0.717) is 12.8 Å². The highest BCUT2D eigenvalue weighted by molar-refractivity contribution is 5.88. The fourth-order valence-electron chi connectivity index (χ4n) is 4.24. The van der Waals surface area contributed by atoms with Crippen LogP contribution in [0.15, 0.2) is 24.3 Å². The zero-order chi connectivity index (χ0) is 18.7. The number of piperidine rings is 1. The molecule has 2 heterocycles. The van der Waals surface area contributed by atoms with Gasteiger partial charge in [0.1, 0.15) is 12.4 Å². The number of carboxylic acids is 1. The van der Waals surface area contributed by atoms with Crippen LogP contribution in [0.4, 0.5) is 0 Å². The first-order chi connectivity index (χ1) is 12.5. The number of amides is 1. The Morgan fingerprint density at radius 1 is 1.35 bits per heavy atom. The maximum atomic E-state index is 12.1. The highest BCUT2D eigenvalue weighted by Gasteiger charge is 2.55. The molecule has 1 aromatic rings. The van der Waals surface area contributed by atoms with E-state index in [9.17, 15) is 14.7 Å². The molecule has 3 rings (SSSR count). The van der Waals surface area contributed by atoms with E-state index in [1.54, 1.807) is 11.9 Å². The topological polar surface area (TPSA) is 90.3 Å².